The van der Waals surface area contributed by atoms with E-state index in [2.05, 4.69) is 34.6 Å². The summed E-state index contributed by atoms with van der Waals surface area (Å²) < 4.78 is 12.0. The first-order valence-corrected chi connectivity index (χ1v) is 12.2. The van der Waals surface area contributed by atoms with Gasteiger partial charge in [-0.05, 0) is 30.7 Å². The van der Waals surface area contributed by atoms with Crippen LogP contribution >= 0.6 is 0 Å². The Morgan fingerprint density at radius 1 is 0.968 bits per heavy atom. The van der Waals surface area contributed by atoms with Crippen LogP contribution in [0.4, 0.5) is 0 Å². The lowest BCUT2D eigenvalue weighted by atomic mass is 9.75. The van der Waals surface area contributed by atoms with E-state index in [1.54, 1.807) is 0 Å². The summed E-state index contributed by atoms with van der Waals surface area (Å²) in [6.07, 6.45) is 14.5. The van der Waals surface area contributed by atoms with Crippen molar-refractivity contribution in [2.24, 2.45) is 5.92 Å². The average Bonchev–Trinajstić information content (AvgIpc) is 3.56. The molecule has 3 aliphatic rings. The van der Waals surface area contributed by atoms with Crippen LogP contribution in [-0.4, -0.2) is 29.6 Å². The quantitative estimate of drug-likeness (QED) is 0.564. The zero-order valence-corrected chi connectivity index (χ0v) is 18.3. The number of amides is 1. The maximum Gasteiger partial charge on any atom is 0.273 e. The monoisotopic (exact) mass is 422 g/mol. The average molecular weight is 423 g/mol. The van der Waals surface area contributed by atoms with Gasteiger partial charge in [0.15, 0.2) is 5.69 Å². The van der Waals surface area contributed by atoms with Gasteiger partial charge in [0.2, 0.25) is 5.89 Å². The zero-order valence-electron chi connectivity index (χ0n) is 18.3. The second-order valence-electron chi connectivity index (χ2n) is 9.58. The normalized spacial score (nSPS) is 28.1. The fourth-order valence-corrected chi connectivity index (χ4v) is 5.96. The number of benzene rings is 1. The Labute approximate surface area is 185 Å². The minimum atomic E-state index is -0.131. The van der Waals surface area contributed by atoms with Crippen LogP contribution in [0.1, 0.15) is 98.0 Å². The Bertz CT molecular complexity index is 859. The summed E-state index contributed by atoms with van der Waals surface area (Å²) >= 11 is 0. The first-order chi connectivity index (χ1) is 15.3. The van der Waals surface area contributed by atoms with Crippen molar-refractivity contribution in [3.05, 3.63) is 53.7 Å². The Morgan fingerprint density at radius 3 is 2.55 bits per heavy atom. The molecule has 31 heavy (non-hydrogen) atoms. The molecule has 2 aliphatic heterocycles. The van der Waals surface area contributed by atoms with Crippen molar-refractivity contribution in [3.63, 3.8) is 0 Å². The fourth-order valence-electron chi connectivity index (χ4n) is 5.96. The van der Waals surface area contributed by atoms with Crippen molar-refractivity contribution in [2.75, 3.05) is 6.54 Å². The second kappa shape index (κ2) is 9.56. The molecule has 5 rings (SSSR count). The molecule has 2 saturated heterocycles. The van der Waals surface area contributed by atoms with Crippen molar-refractivity contribution in [1.82, 2.24) is 10.3 Å². The van der Waals surface area contributed by atoms with Gasteiger partial charge in [0.25, 0.3) is 5.91 Å². The predicted molar refractivity (Wildman–Crippen MR) is 119 cm³/mol. The number of unbranched alkanes of at least 4 members (excludes halogenated alkanes) is 1. The highest BCUT2D eigenvalue weighted by Gasteiger charge is 2.52. The number of hydrogen-bond acceptors (Lipinski definition) is 4. The molecule has 4 unspecified atom stereocenters. The maximum atomic E-state index is 12.6. The van der Waals surface area contributed by atoms with Gasteiger partial charge in [0, 0.05) is 12.5 Å². The minimum Gasteiger partial charge on any atom is -0.448 e. The molecular weight excluding hydrogens is 388 g/mol. The van der Waals surface area contributed by atoms with Crippen molar-refractivity contribution in [3.8, 4) is 0 Å². The summed E-state index contributed by atoms with van der Waals surface area (Å²) in [4.78, 5) is 17.2. The van der Waals surface area contributed by atoms with Crippen LogP contribution in [0.5, 0.6) is 0 Å². The summed E-state index contributed by atoms with van der Waals surface area (Å²) in [7, 11) is 0. The van der Waals surface area contributed by atoms with Crippen LogP contribution in [-0.2, 0) is 4.74 Å². The number of aromatic nitrogens is 1. The van der Waals surface area contributed by atoms with E-state index < -0.39 is 0 Å². The van der Waals surface area contributed by atoms with Crippen LogP contribution in [0.2, 0.25) is 0 Å². The molecule has 4 atom stereocenters. The number of carbonyl (C=O) groups is 1. The Kier molecular flexibility index (Phi) is 6.40. The highest BCUT2D eigenvalue weighted by atomic mass is 16.5. The van der Waals surface area contributed by atoms with E-state index in [9.17, 15) is 4.79 Å². The second-order valence-corrected chi connectivity index (χ2v) is 9.58. The Balaban J connectivity index is 1.15. The van der Waals surface area contributed by atoms with E-state index in [1.807, 2.05) is 6.07 Å². The van der Waals surface area contributed by atoms with Gasteiger partial charge >= 0.3 is 0 Å². The summed E-state index contributed by atoms with van der Waals surface area (Å²) in [5, 5.41) is 3.02. The lowest BCUT2D eigenvalue weighted by Gasteiger charge is -2.26. The van der Waals surface area contributed by atoms with Crippen molar-refractivity contribution in [1.29, 1.82) is 0 Å². The van der Waals surface area contributed by atoms with Gasteiger partial charge in [-0.25, -0.2) is 4.98 Å². The van der Waals surface area contributed by atoms with Gasteiger partial charge in [-0.15, -0.1) is 0 Å². The first kappa shape index (κ1) is 20.7. The van der Waals surface area contributed by atoms with Crippen LogP contribution in [0.25, 0.3) is 0 Å². The van der Waals surface area contributed by atoms with Gasteiger partial charge in [-0.1, -0.05) is 75.3 Å². The fraction of sp³-hybridized carbons (Fsp3) is 0.615. The first-order valence-electron chi connectivity index (χ1n) is 12.2. The van der Waals surface area contributed by atoms with E-state index in [1.165, 1.54) is 56.8 Å². The third-order valence-corrected chi connectivity index (χ3v) is 7.55. The molecule has 1 aromatic heterocycles. The SMILES string of the molecule is O=C(NCCCCC1CCCCC1)c1coc(C2C3CCC(O3)C2c2ccccc2)n1. The van der Waals surface area contributed by atoms with Gasteiger partial charge in [0.1, 0.15) is 6.26 Å². The minimum absolute atomic E-state index is 0.0817. The molecular formula is C26H34N2O3. The molecule has 0 spiro atoms. The number of rotatable bonds is 8. The van der Waals surface area contributed by atoms with Gasteiger partial charge in [-0.3, -0.25) is 4.79 Å². The highest BCUT2D eigenvalue weighted by Crippen LogP contribution is 2.53. The number of ether oxygens (including phenoxy) is 1. The summed E-state index contributed by atoms with van der Waals surface area (Å²) in [5.41, 5.74) is 1.65. The lowest BCUT2D eigenvalue weighted by Crippen LogP contribution is -2.26. The van der Waals surface area contributed by atoms with Crippen molar-refractivity contribution in [2.45, 2.75) is 88.3 Å². The standard InChI is InChI=1S/C26H34N2O3/c29-25(27-16-8-7-11-18-9-3-1-4-10-18)20-17-30-26(28-20)24-22-15-14-21(31-22)23(24)19-12-5-2-6-13-19/h2,5-6,12-13,17-18,21-24H,1,3-4,7-11,14-16H2,(H,27,29). The predicted octanol–water partition coefficient (Wildman–Crippen LogP) is 5.58. The maximum absolute atomic E-state index is 12.6. The molecule has 1 aromatic carbocycles. The Hall–Kier alpha value is -2.14. The topological polar surface area (TPSA) is 64.4 Å². The molecule has 1 aliphatic carbocycles. The molecule has 2 aromatic rings. The van der Waals surface area contributed by atoms with Gasteiger partial charge in [0.05, 0.1) is 18.1 Å². The number of nitrogens with zero attached hydrogens (tertiary/aromatic N) is 1. The summed E-state index contributed by atoms with van der Waals surface area (Å²) in [6.45, 7) is 0.706. The number of carbonyl (C=O) groups excluding carboxylic acids is 1. The van der Waals surface area contributed by atoms with E-state index in [-0.39, 0.29) is 30.0 Å². The largest absolute Gasteiger partial charge is 0.448 e. The van der Waals surface area contributed by atoms with Crippen LogP contribution in [0.3, 0.4) is 0 Å². The van der Waals surface area contributed by atoms with E-state index in [0.717, 1.165) is 25.2 Å². The molecule has 0 radical (unpaired) electrons. The van der Waals surface area contributed by atoms with Gasteiger partial charge in [-0.2, -0.15) is 0 Å². The highest BCUT2D eigenvalue weighted by molar-refractivity contribution is 5.91. The van der Waals surface area contributed by atoms with Crippen molar-refractivity contribution < 1.29 is 13.9 Å². The van der Waals surface area contributed by atoms with Gasteiger partial charge < -0.3 is 14.5 Å². The molecule has 2 bridgehead atoms. The molecule has 1 N–H and O–H groups in total. The molecule has 3 heterocycles. The molecule has 5 heteroatoms. The summed E-state index contributed by atoms with van der Waals surface area (Å²) in [6, 6.07) is 10.5. The van der Waals surface area contributed by atoms with Crippen LogP contribution < -0.4 is 5.32 Å². The third kappa shape index (κ3) is 4.57. The summed E-state index contributed by atoms with van der Waals surface area (Å²) in [5.74, 6) is 1.74. The molecule has 5 nitrogen and oxygen atoms in total. The number of nitrogens with one attached hydrogen (secondary N) is 1. The molecule has 166 valence electrons. The number of oxazole rings is 1. The van der Waals surface area contributed by atoms with E-state index in [0.29, 0.717) is 18.1 Å². The lowest BCUT2D eigenvalue weighted by molar-refractivity contribution is 0.0942. The number of hydrogen-bond donors (Lipinski definition) is 1. The third-order valence-electron chi connectivity index (χ3n) is 7.55. The number of fused-ring (bicyclic) bond motifs is 2. The van der Waals surface area contributed by atoms with E-state index >= 15 is 0 Å². The van der Waals surface area contributed by atoms with Crippen LogP contribution in [0, 0.1) is 5.92 Å². The molecule has 1 saturated carbocycles. The molecule has 3 fully saturated rings. The molecule has 1 amide bonds. The zero-order chi connectivity index (χ0) is 21.0. The van der Waals surface area contributed by atoms with Crippen molar-refractivity contribution >= 4 is 5.91 Å². The van der Waals surface area contributed by atoms with Crippen LogP contribution in [0.15, 0.2) is 41.0 Å². The Morgan fingerprint density at radius 2 is 1.74 bits per heavy atom. The smallest absolute Gasteiger partial charge is 0.273 e. The van der Waals surface area contributed by atoms with E-state index in [4.69, 9.17) is 9.15 Å².